The molecule has 0 atom stereocenters. The van der Waals surface area contributed by atoms with E-state index in [4.69, 9.17) is 4.42 Å². The first-order valence-electron chi connectivity index (χ1n) is 12.8. The SMILES string of the molecule is CCCCCc1[c]([Al])c(C)c(C)c2oc3cc(-c4cc(C)c(C(C)(C)C)c(C)c4)cc(C)c3c12. The average molecular weight is 467 g/mol. The lowest BCUT2D eigenvalue weighted by Gasteiger charge is -2.25. The molecule has 0 N–H and O–H groups in total. The third-order valence-electron chi connectivity index (χ3n) is 7.57. The summed E-state index contributed by atoms with van der Waals surface area (Å²) in [5.74, 6) is 0. The maximum atomic E-state index is 6.64. The molecule has 0 aliphatic rings. The van der Waals surface area contributed by atoms with Crippen molar-refractivity contribution in [1.29, 1.82) is 0 Å². The van der Waals surface area contributed by atoms with Crippen LogP contribution in [-0.4, -0.2) is 16.3 Å². The number of furan rings is 1. The average Bonchev–Trinajstić information content (AvgIpc) is 3.13. The van der Waals surface area contributed by atoms with Gasteiger partial charge in [0.25, 0.3) is 0 Å². The molecule has 176 valence electrons. The van der Waals surface area contributed by atoms with Crippen LogP contribution >= 0.6 is 0 Å². The second-order valence-corrected chi connectivity index (χ2v) is 11.9. The van der Waals surface area contributed by atoms with Crippen molar-refractivity contribution in [2.45, 2.75) is 93.4 Å². The van der Waals surface area contributed by atoms with E-state index in [1.807, 2.05) is 0 Å². The molecule has 0 amide bonds. The zero-order valence-electron chi connectivity index (χ0n) is 22.6. The summed E-state index contributed by atoms with van der Waals surface area (Å²) >= 11 is 3.03. The van der Waals surface area contributed by atoms with Crippen LogP contribution in [0.15, 0.2) is 28.7 Å². The van der Waals surface area contributed by atoms with Crippen LogP contribution in [0.4, 0.5) is 0 Å². The molecule has 1 heterocycles. The summed E-state index contributed by atoms with van der Waals surface area (Å²) in [6.07, 6.45) is 4.83. The van der Waals surface area contributed by atoms with E-state index in [2.05, 4.69) is 103 Å². The Morgan fingerprint density at radius 2 is 1.35 bits per heavy atom. The Hall–Kier alpha value is -2.01. The van der Waals surface area contributed by atoms with Gasteiger partial charge in [0.15, 0.2) is 16.3 Å². The summed E-state index contributed by atoms with van der Waals surface area (Å²) in [5, 5.41) is 2.62. The molecule has 1 aromatic heterocycles. The van der Waals surface area contributed by atoms with Gasteiger partial charge in [-0.2, -0.15) is 0 Å². The minimum Gasteiger partial charge on any atom is -0.456 e. The molecule has 34 heavy (non-hydrogen) atoms. The highest BCUT2D eigenvalue weighted by Gasteiger charge is 2.22. The van der Waals surface area contributed by atoms with Crippen molar-refractivity contribution in [3.8, 4) is 11.1 Å². The first-order valence-corrected chi connectivity index (χ1v) is 13.4. The minimum absolute atomic E-state index is 0.144. The van der Waals surface area contributed by atoms with Crippen molar-refractivity contribution in [2.75, 3.05) is 0 Å². The van der Waals surface area contributed by atoms with Gasteiger partial charge < -0.3 is 4.42 Å². The van der Waals surface area contributed by atoms with Crippen molar-refractivity contribution in [3.63, 3.8) is 0 Å². The Bertz CT molecular complexity index is 1370. The van der Waals surface area contributed by atoms with Crippen LogP contribution in [0.1, 0.15) is 85.9 Å². The third kappa shape index (κ3) is 4.25. The van der Waals surface area contributed by atoms with E-state index in [1.165, 1.54) is 84.5 Å². The Balaban J connectivity index is 1.96. The van der Waals surface area contributed by atoms with Crippen LogP contribution in [0.25, 0.3) is 33.1 Å². The molecule has 0 unspecified atom stereocenters. The number of benzene rings is 3. The van der Waals surface area contributed by atoms with Gasteiger partial charge in [0.1, 0.15) is 11.2 Å². The molecule has 0 saturated carbocycles. The molecule has 0 fully saturated rings. The highest BCUT2D eigenvalue weighted by Crippen LogP contribution is 2.40. The molecular weight excluding hydrogens is 427 g/mol. The highest BCUT2D eigenvalue weighted by molar-refractivity contribution is 6.36. The highest BCUT2D eigenvalue weighted by atomic mass is 27.0. The summed E-state index contributed by atoms with van der Waals surface area (Å²) in [6, 6.07) is 9.32. The molecule has 0 aliphatic heterocycles. The first-order chi connectivity index (χ1) is 16.0. The van der Waals surface area contributed by atoms with Crippen LogP contribution in [0.2, 0.25) is 0 Å². The van der Waals surface area contributed by atoms with Crippen LogP contribution in [0.3, 0.4) is 0 Å². The van der Waals surface area contributed by atoms with Gasteiger partial charge in [-0.25, -0.2) is 0 Å². The van der Waals surface area contributed by atoms with Crippen molar-refractivity contribution < 1.29 is 4.42 Å². The maximum absolute atomic E-state index is 6.64. The van der Waals surface area contributed by atoms with E-state index in [1.54, 1.807) is 0 Å². The van der Waals surface area contributed by atoms with Crippen molar-refractivity contribution in [2.24, 2.45) is 0 Å². The molecule has 4 aromatic rings. The lowest BCUT2D eigenvalue weighted by atomic mass is 9.80. The summed E-state index contributed by atoms with van der Waals surface area (Å²) in [4.78, 5) is 0. The fourth-order valence-electron chi connectivity index (χ4n) is 6.01. The van der Waals surface area contributed by atoms with Gasteiger partial charge in [0.05, 0.1) is 0 Å². The van der Waals surface area contributed by atoms with Crippen LogP contribution in [-0.2, 0) is 11.8 Å². The van der Waals surface area contributed by atoms with E-state index in [-0.39, 0.29) is 5.41 Å². The molecule has 3 aromatic carbocycles. The number of hydrogen-bond donors (Lipinski definition) is 0. The second-order valence-electron chi connectivity index (χ2n) is 11.3. The van der Waals surface area contributed by atoms with Crippen molar-refractivity contribution in [1.82, 2.24) is 0 Å². The Morgan fingerprint density at radius 1 is 0.765 bits per heavy atom. The van der Waals surface area contributed by atoms with Gasteiger partial charge in [-0.15, -0.1) is 4.43 Å². The topological polar surface area (TPSA) is 13.1 Å². The molecule has 2 heteroatoms. The molecule has 0 saturated heterocycles. The lowest BCUT2D eigenvalue weighted by molar-refractivity contribution is 0.582. The molecule has 4 rings (SSSR count). The lowest BCUT2D eigenvalue weighted by Crippen LogP contribution is -2.16. The second kappa shape index (κ2) is 9.22. The summed E-state index contributed by atoms with van der Waals surface area (Å²) in [5.41, 5.74) is 14.3. The van der Waals surface area contributed by atoms with Crippen LogP contribution < -0.4 is 4.43 Å². The molecule has 0 spiro atoms. The van der Waals surface area contributed by atoms with Gasteiger partial charge >= 0.3 is 0 Å². The van der Waals surface area contributed by atoms with Gasteiger partial charge in [-0.05, 0) is 97.9 Å². The van der Waals surface area contributed by atoms with Crippen LogP contribution in [0.5, 0.6) is 0 Å². The Morgan fingerprint density at radius 3 is 1.94 bits per heavy atom. The monoisotopic (exact) mass is 466 g/mol. The summed E-state index contributed by atoms with van der Waals surface area (Å²) in [7, 11) is 0. The number of fused-ring (bicyclic) bond motifs is 3. The fourth-order valence-corrected chi connectivity index (χ4v) is 6.51. The molecule has 0 bridgehead atoms. The van der Waals surface area contributed by atoms with E-state index in [0.29, 0.717) is 0 Å². The molecule has 1 nitrogen and oxygen atoms in total. The number of rotatable bonds is 5. The Kier molecular flexibility index (Phi) is 6.80. The van der Waals surface area contributed by atoms with E-state index in [9.17, 15) is 0 Å². The molecular formula is C32H39AlO. The van der Waals surface area contributed by atoms with E-state index in [0.717, 1.165) is 17.6 Å². The Labute approximate surface area is 214 Å². The zero-order valence-corrected chi connectivity index (χ0v) is 23.8. The predicted molar refractivity (Wildman–Crippen MR) is 150 cm³/mol. The number of aryl methyl sites for hydroxylation is 5. The third-order valence-corrected chi connectivity index (χ3v) is 8.35. The van der Waals surface area contributed by atoms with E-state index >= 15 is 0 Å². The number of unbranched alkanes of at least 4 members (excludes halogenated alkanes) is 2. The predicted octanol–water partition coefficient (Wildman–Crippen LogP) is 8.62. The standard InChI is InChI=1S/C32H39O.Al/c1-10-11-12-13-24-14-19(2)23(6)31-29(24)28-20(3)15-26(18-27(28)33-31)25-16-21(4)30(22(5)17-25)32(7,8)9;/h15-18H,10-13H2,1-9H3;. The van der Waals surface area contributed by atoms with Gasteiger partial charge in [-0.3, -0.25) is 0 Å². The number of hydrogen-bond acceptors (Lipinski definition) is 1. The maximum Gasteiger partial charge on any atom is 0.176 e. The smallest absolute Gasteiger partial charge is 0.176 e. The first kappa shape index (κ1) is 25.1. The van der Waals surface area contributed by atoms with Crippen molar-refractivity contribution in [3.05, 3.63) is 63.2 Å². The van der Waals surface area contributed by atoms with Gasteiger partial charge in [0, 0.05) is 10.8 Å². The van der Waals surface area contributed by atoms with E-state index < -0.39 is 0 Å². The summed E-state index contributed by atoms with van der Waals surface area (Å²) in [6.45, 7) is 20.4. The zero-order chi connectivity index (χ0) is 24.9. The summed E-state index contributed by atoms with van der Waals surface area (Å²) < 4.78 is 8.00. The quantitative estimate of drug-likeness (QED) is 0.212. The fraction of sp³-hybridized carbons (Fsp3) is 0.438. The molecule has 0 aliphatic carbocycles. The van der Waals surface area contributed by atoms with Gasteiger partial charge in [0.2, 0.25) is 0 Å². The molecule has 2 radical (unpaired) electrons. The minimum atomic E-state index is 0.144. The normalized spacial score (nSPS) is 12.3. The van der Waals surface area contributed by atoms with Crippen LogP contribution in [0, 0.1) is 34.6 Å². The largest absolute Gasteiger partial charge is 0.456 e. The van der Waals surface area contributed by atoms with Crippen molar-refractivity contribution >= 4 is 42.7 Å². The van der Waals surface area contributed by atoms with Gasteiger partial charge in [-0.1, -0.05) is 69.9 Å².